The molecule has 116 valence electrons. The predicted molar refractivity (Wildman–Crippen MR) is 74.0 cm³/mol. The fourth-order valence-electron chi connectivity index (χ4n) is 2.39. The van der Waals surface area contributed by atoms with Gasteiger partial charge in [0.15, 0.2) is 5.69 Å². The van der Waals surface area contributed by atoms with Crippen LogP contribution in [0, 0.1) is 0 Å². The van der Waals surface area contributed by atoms with E-state index in [0.717, 1.165) is 25.7 Å². The molecule has 1 aliphatic rings. The van der Waals surface area contributed by atoms with E-state index in [0.29, 0.717) is 13.1 Å². The van der Waals surface area contributed by atoms with Crippen molar-refractivity contribution in [2.24, 2.45) is 0 Å². The second-order valence-corrected chi connectivity index (χ2v) is 5.16. The average Bonchev–Trinajstić information content (AvgIpc) is 2.90. The highest BCUT2D eigenvalue weighted by Crippen LogP contribution is 2.18. The van der Waals surface area contributed by atoms with Gasteiger partial charge in [-0.05, 0) is 12.8 Å². The molecule has 1 fully saturated rings. The number of carbonyl (C=O) groups excluding carboxylic acids is 1. The second-order valence-electron chi connectivity index (χ2n) is 5.16. The Labute approximate surface area is 122 Å². The molecule has 1 aliphatic carbocycles. The van der Waals surface area contributed by atoms with Gasteiger partial charge in [0.05, 0.1) is 18.5 Å². The number of amides is 2. The molecule has 0 aromatic carbocycles. The Morgan fingerprint density at radius 2 is 2.14 bits per heavy atom. The van der Waals surface area contributed by atoms with Crippen LogP contribution in [0.15, 0.2) is 12.5 Å². The summed E-state index contributed by atoms with van der Waals surface area (Å²) in [4.78, 5) is 26.1. The zero-order valence-electron chi connectivity index (χ0n) is 11.7. The summed E-state index contributed by atoms with van der Waals surface area (Å²) < 4.78 is 1.60. The van der Waals surface area contributed by atoms with E-state index >= 15 is 0 Å². The molecule has 2 atom stereocenters. The van der Waals surface area contributed by atoms with E-state index in [4.69, 9.17) is 5.11 Å². The molecule has 0 bridgehead atoms. The Hall–Kier alpha value is -2.09. The van der Waals surface area contributed by atoms with E-state index in [1.165, 1.54) is 12.5 Å². The number of hydrogen-bond donors (Lipinski definition) is 4. The van der Waals surface area contributed by atoms with Crippen LogP contribution < -0.4 is 10.6 Å². The van der Waals surface area contributed by atoms with Crippen LogP contribution in [0.2, 0.25) is 0 Å². The third-order valence-corrected chi connectivity index (χ3v) is 3.55. The highest BCUT2D eigenvalue weighted by atomic mass is 16.4. The number of nitrogens with zero attached hydrogens (tertiary/aromatic N) is 2. The molecule has 8 nitrogen and oxygen atoms in total. The molecule has 4 N–H and O–H groups in total. The first-order chi connectivity index (χ1) is 10.1. The van der Waals surface area contributed by atoms with Gasteiger partial charge in [-0.15, -0.1) is 0 Å². The highest BCUT2D eigenvalue weighted by Gasteiger charge is 2.24. The lowest BCUT2D eigenvalue weighted by Gasteiger charge is -2.28. The molecule has 8 heteroatoms. The number of carbonyl (C=O) groups is 2. The van der Waals surface area contributed by atoms with E-state index in [1.54, 1.807) is 4.57 Å². The van der Waals surface area contributed by atoms with Gasteiger partial charge in [0, 0.05) is 19.3 Å². The van der Waals surface area contributed by atoms with Gasteiger partial charge in [0.1, 0.15) is 0 Å². The third kappa shape index (κ3) is 4.45. The van der Waals surface area contributed by atoms with Crippen LogP contribution in [-0.2, 0) is 6.54 Å². The van der Waals surface area contributed by atoms with Crippen LogP contribution in [-0.4, -0.2) is 50.5 Å². The van der Waals surface area contributed by atoms with E-state index in [-0.39, 0.29) is 17.8 Å². The zero-order chi connectivity index (χ0) is 15.2. The Morgan fingerprint density at radius 3 is 2.81 bits per heavy atom. The van der Waals surface area contributed by atoms with Gasteiger partial charge < -0.3 is 25.4 Å². The molecule has 0 saturated heterocycles. The lowest BCUT2D eigenvalue weighted by atomic mass is 9.93. The maximum atomic E-state index is 11.7. The van der Waals surface area contributed by atoms with Crippen LogP contribution in [0.4, 0.5) is 4.79 Å². The van der Waals surface area contributed by atoms with Gasteiger partial charge in [-0.1, -0.05) is 12.8 Å². The van der Waals surface area contributed by atoms with Gasteiger partial charge in [-0.25, -0.2) is 14.6 Å². The summed E-state index contributed by atoms with van der Waals surface area (Å²) in [6, 6.07) is -0.509. The average molecular weight is 296 g/mol. The minimum absolute atomic E-state index is 0.0234. The summed E-state index contributed by atoms with van der Waals surface area (Å²) >= 11 is 0. The number of rotatable bonds is 5. The van der Waals surface area contributed by atoms with E-state index in [9.17, 15) is 14.7 Å². The fourth-order valence-corrected chi connectivity index (χ4v) is 2.39. The number of aliphatic hydroxyl groups excluding tert-OH is 1. The monoisotopic (exact) mass is 296 g/mol. The largest absolute Gasteiger partial charge is 0.476 e. The molecule has 0 spiro atoms. The number of aliphatic hydroxyl groups is 1. The topological polar surface area (TPSA) is 116 Å². The molecule has 0 radical (unpaired) electrons. The molecule has 1 aromatic rings. The molecule has 1 aromatic heterocycles. The maximum Gasteiger partial charge on any atom is 0.356 e. The Kier molecular flexibility index (Phi) is 5.15. The Balaban J connectivity index is 1.70. The summed E-state index contributed by atoms with van der Waals surface area (Å²) in [7, 11) is 0. The molecule has 0 aliphatic heterocycles. The number of carboxylic acids is 1. The zero-order valence-corrected chi connectivity index (χ0v) is 11.7. The lowest BCUT2D eigenvalue weighted by molar-refractivity contribution is 0.0691. The minimum atomic E-state index is -1.08. The summed E-state index contributed by atoms with van der Waals surface area (Å²) in [6.07, 6.45) is 5.86. The molecular formula is C13H20N4O4. The van der Waals surface area contributed by atoms with Crippen LogP contribution in [0.25, 0.3) is 0 Å². The van der Waals surface area contributed by atoms with E-state index < -0.39 is 12.1 Å². The van der Waals surface area contributed by atoms with Gasteiger partial charge in [0.2, 0.25) is 0 Å². The van der Waals surface area contributed by atoms with E-state index in [2.05, 4.69) is 15.6 Å². The van der Waals surface area contributed by atoms with Gasteiger partial charge >= 0.3 is 12.0 Å². The van der Waals surface area contributed by atoms with Crippen molar-refractivity contribution in [2.45, 2.75) is 44.4 Å². The smallest absolute Gasteiger partial charge is 0.356 e. The number of carboxylic acid groups (broad SMARTS) is 1. The lowest BCUT2D eigenvalue weighted by Crippen LogP contribution is -2.49. The number of imidazole rings is 1. The number of aromatic carboxylic acids is 1. The first-order valence-electron chi connectivity index (χ1n) is 7.04. The maximum absolute atomic E-state index is 11.7. The van der Waals surface area contributed by atoms with Crippen LogP contribution in [0.3, 0.4) is 0 Å². The Morgan fingerprint density at radius 1 is 1.38 bits per heavy atom. The van der Waals surface area contributed by atoms with Gasteiger partial charge in [-0.2, -0.15) is 0 Å². The first kappa shape index (κ1) is 15.3. The van der Waals surface area contributed by atoms with Crippen molar-refractivity contribution in [1.82, 2.24) is 20.2 Å². The van der Waals surface area contributed by atoms with Crippen molar-refractivity contribution in [3.8, 4) is 0 Å². The number of urea groups is 1. The quantitative estimate of drug-likeness (QED) is 0.618. The van der Waals surface area contributed by atoms with E-state index in [1.807, 2.05) is 0 Å². The summed E-state index contributed by atoms with van der Waals surface area (Å²) in [5.41, 5.74) is -0.0234. The Bertz CT molecular complexity index is 502. The molecular weight excluding hydrogens is 276 g/mol. The summed E-state index contributed by atoms with van der Waals surface area (Å²) in [5.74, 6) is -1.08. The second kappa shape index (κ2) is 7.07. The molecule has 1 saturated carbocycles. The normalized spacial score (nSPS) is 21.8. The van der Waals surface area contributed by atoms with Crippen molar-refractivity contribution in [2.75, 3.05) is 6.54 Å². The minimum Gasteiger partial charge on any atom is -0.476 e. The van der Waals surface area contributed by atoms with Crippen LogP contribution >= 0.6 is 0 Å². The van der Waals surface area contributed by atoms with Crippen LogP contribution in [0.1, 0.15) is 36.2 Å². The van der Waals surface area contributed by atoms with Crippen molar-refractivity contribution in [1.29, 1.82) is 0 Å². The first-order valence-corrected chi connectivity index (χ1v) is 7.04. The molecule has 2 unspecified atom stereocenters. The number of aromatic nitrogens is 2. The van der Waals surface area contributed by atoms with Gasteiger partial charge in [-0.3, -0.25) is 0 Å². The third-order valence-electron chi connectivity index (χ3n) is 3.55. The van der Waals surface area contributed by atoms with Crippen molar-refractivity contribution in [3.05, 3.63) is 18.2 Å². The number of hydrogen-bond acceptors (Lipinski definition) is 4. The highest BCUT2D eigenvalue weighted by molar-refractivity contribution is 5.84. The standard InChI is InChI=1S/C13H20N4O4/c18-11-4-2-1-3-9(11)16-13(21)14-5-6-17-7-10(12(19)20)15-8-17/h7-9,11,18H,1-6H2,(H,19,20)(H2,14,16,21). The summed E-state index contributed by atoms with van der Waals surface area (Å²) in [6.45, 7) is 0.783. The SMILES string of the molecule is O=C(NCCn1cnc(C(=O)O)c1)NC1CCCCC1O. The molecule has 2 rings (SSSR count). The molecule has 21 heavy (non-hydrogen) atoms. The van der Waals surface area contributed by atoms with Crippen LogP contribution in [0.5, 0.6) is 0 Å². The summed E-state index contributed by atoms with van der Waals surface area (Å²) in [5, 5.41) is 23.9. The van der Waals surface area contributed by atoms with Crippen molar-refractivity contribution >= 4 is 12.0 Å². The molecule has 2 amide bonds. The fraction of sp³-hybridized carbons (Fsp3) is 0.615. The van der Waals surface area contributed by atoms with Crippen molar-refractivity contribution in [3.63, 3.8) is 0 Å². The van der Waals surface area contributed by atoms with Gasteiger partial charge in [0.25, 0.3) is 0 Å². The molecule has 1 heterocycles. The predicted octanol–water partition coefficient (Wildman–Crippen LogP) is 0.184. The number of nitrogens with one attached hydrogen (secondary N) is 2. The van der Waals surface area contributed by atoms with Crippen molar-refractivity contribution < 1.29 is 19.8 Å².